The number of nitrogens with one attached hydrogen (secondary N) is 2. The molecule has 2 aromatic rings. The van der Waals surface area contributed by atoms with Gasteiger partial charge in [0, 0.05) is 19.5 Å². The number of hydrogen-bond donors (Lipinski definition) is 3. The van der Waals surface area contributed by atoms with Crippen LogP contribution < -0.4 is 10.6 Å². The normalized spacial score (nSPS) is 19.4. The first-order chi connectivity index (χ1) is 11.5. The number of hydrogen-bond acceptors (Lipinski definition) is 2. The van der Waals surface area contributed by atoms with Crippen molar-refractivity contribution in [2.24, 2.45) is 0 Å². The number of amides is 2. The fraction of sp³-hybridized carbons (Fsp3) is 0.316. The summed E-state index contributed by atoms with van der Waals surface area (Å²) >= 11 is 0. The van der Waals surface area contributed by atoms with Gasteiger partial charge < -0.3 is 15.7 Å². The molecule has 2 amide bonds. The molecule has 0 saturated heterocycles. The minimum absolute atomic E-state index is 0.205. The third-order valence-corrected chi connectivity index (χ3v) is 4.44. The maximum Gasteiger partial charge on any atom is 0.315 e. The van der Waals surface area contributed by atoms with Crippen molar-refractivity contribution in [1.82, 2.24) is 10.6 Å². The van der Waals surface area contributed by atoms with Crippen LogP contribution in [-0.2, 0) is 19.4 Å². The zero-order chi connectivity index (χ0) is 17.0. The smallest absolute Gasteiger partial charge is 0.315 e. The van der Waals surface area contributed by atoms with Crippen molar-refractivity contribution in [2.45, 2.75) is 31.4 Å². The lowest BCUT2D eigenvalue weighted by Gasteiger charge is -2.33. The molecule has 3 N–H and O–H groups in total. The molecule has 4 nitrogen and oxygen atoms in total. The molecular formula is C19H21FN2O2. The number of fused-ring (bicyclic) bond motifs is 1. The van der Waals surface area contributed by atoms with E-state index < -0.39 is 5.60 Å². The van der Waals surface area contributed by atoms with Crippen LogP contribution in [0.4, 0.5) is 9.18 Å². The van der Waals surface area contributed by atoms with Gasteiger partial charge in [0.2, 0.25) is 0 Å². The van der Waals surface area contributed by atoms with Gasteiger partial charge in [-0.05, 0) is 41.7 Å². The Bertz CT molecular complexity index is 718. The summed E-state index contributed by atoms with van der Waals surface area (Å²) in [4.78, 5) is 11.9. The van der Waals surface area contributed by atoms with Crippen LogP contribution in [0.1, 0.15) is 23.1 Å². The molecule has 1 aliphatic carbocycles. The Hall–Kier alpha value is -2.40. The molecule has 0 radical (unpaired) electrons. The Kier molecular flexibility index (Phi) is 4.81. The standard InChI is InChI=1S/C19H21FN2O2/c20-17-7-5-14(6-8-17)12-21-18(23)22-13-19(24)10-9-15-3-1-2-4-16(15)11-19/h1-8,24H,9-13H2,(H2,21,22,23)/t19-/m1/s1. The molecule has 5 heteroatoms. The summed E-state index contributed by atoms with van der Waals surface area (Å²) in [5.41, 5.74) is 2.31. The third-order valence-electron chi connectivity index (χ3n) is 4.44. The summed E-state index contributed by atoms with van der Waals surface area (Å²) in [5, 5.41) is 16.1. The zero-order valence-corrected chi connectivity index (χ0v) is 13.4. The second-order valence-corrected chi connectivity index (χ2v) is 6.33. The molecule has 0 aromatic heterocycles. The second-order valence-electron chi connectivity index (χ2n) is 6.33. The zero-order valence-electron chi connectivity index (χ0n) is 13.4. The summed E-state index contributed by atoms with van der Waals surface area (Å²) < 4.78 is 12.8. The van der Waals surface area contributed by atoms with Gasteiger partial charge in [0.05, 0.1) is 5.60 Å². The molecule has 0 aliphatic heterocycles. The number of halogens is 1. The SMILES string of the molecule is O=C(NCc1ccc(F)cc1)NC[C@@]1(O)CCc2ccccc2C1. The van der Waals surface area contributed by atoms with Gasteiger partial charge in [-0.25, -0.2) is 9.18 Å². The minimum atomic E-state index is -0.915. The fourth-order valence-corrected chi connectivity index (χ4v) is 3.03. The highest BCUT2D eigenvalue weighted by Crippen LogP contribution is 2.28. The van der Waals surface area contributed by atoms with E-state index in [9.17, 15) is 14.3 Å². The lowest BCUT2D eigenvalue weighted by molar-refractivity contribution is 0.0291. The first-order valence-electron chi connectivity index (χ1n) is 8.09. The number of urea groups is 1. The van der Waals surface area contributed by atoms with Crippen molar-refractivity contribution >= 4 is 6.03 Å². The third kappa shape index (κ3) is 4.11. The Morgan fingerprint density at radius 1 is 1.08 bits per heavy atom. The van der Waals surface area contributed by atoms with E-state index in [0.29, 0.717) is 19.4 Å². The van der Waals surface area contributed by atoms with Crippen molar-refractivity contribution in [3.8, 4) is 0 Å². The van der Waals surface area contributed by atoms with Gasteiger partial charge in [0.1, 0.15) is 5.82 Å². The molecule has 1 atom stereocenters. The molecule has 0 heterocycles. The van der Waals surface area contributed by atoms with Gasteiger partial charge in [0.25, 0.3) is 0 Å². The first-order valence-corrected chi connectivity index (χ1v) is 8.09. The van der Waals surface area contributed by atoms with Crippen LogP contribution in [-0.4, -0.2) is 23.3 Å². The van der Waals surface area contributed by atoms with E-state index in [2.05, 4.69) is 16.7 Å². The van der Waals surface area contributed by atoms with E-state index >= 15 is 0 Å². The molecule has 0 saturated carbocycles. The maximum absolute atomic E-state index is 12.8. The lowest BCUT2D eigenvalue weighted by Crippen LogP contribution is -2.49. The van der Waals surface area contributed by atoms with Crippen molar-refractivity contribution in [3.63, 3.8) is 0 Å². The molecule has 0 fully saturated rings. The molecule has 2 aromatic carbocycles. The first kappa shape index (κ1) is 16.5. The molecule has 0 unspecified atom stereocenters. The van der Waals surface area contributed by atoms with Crippen LogP contribution in [0.5, 0.6) is 0 Å². The van der Waals surface area contributed by atoms with Gasteiger partial charge >= 0.3 is 6.03 Å². The highest BCUT2D eigenvalue weighted by Gasteiger charge is 2.32. The second kappa shape index (κ2) is 7.01. The summed E-state index contributed by atoms with van der Waals surface area (Å²) in [7, 11) is 0. The molecule has 24 heavy (non-hydrogen) atoms. The summed E-state index contributed by atoms with van der Waals surface area (Å²) in [6.07, 6.45) is 1.98. The van der Waals surface area contributed by atoms with Crippen molar-refractivity contribution < 1.29 is 14.3 Å². The summed E-state index contributed by atoms with van der Waals surface area (Å²) in [6.45, 7) is 0.518. The summed E-state index contributed by atoms with van der Waals surface area (Å²) in [5.74, 6) is -0.303. The predicted octanol–water partition coefficient (Wildman–Crippen LogP) is 2.54. The van der Waals surface area contributed by atoms with Crippen molar-refractivity contribution in [2.75, 3.05) is 6.54 Å². The number of carbonyl (C=O) groups is 1. The molecule has 3 rings (SSSR count). The number of aryl methyl sites for hydroxylation is 1. The largest absolute Gasteiger partial charge is 0.388 e. The molecule has 1 aliphatic rings. The monoisotopic (exact) mass is 328 g/mol. The highest BCUT2D eigenvalue weighted by atomic mass is 19.1. The van der Waals surface area contributed by atoms with Crippen molar-refractivity contribution in [1.29, 1.82) is 0 Å². The average molecular weight is 328 g/mol. The van der Waals surface area contributed by atoms with Gasteiger partial charge in [-0.1, -0.05) is 36.4 Å². The molecule has 126 valence electrons. The van der Waals surface area contributed by atoms with Crippen molar-refractivity contribution in [3.05, 3.63) is 71.0 Å². The van der Waals surface area contributed by atoms with E-state index in [0.717, 1.165) is 17.5 Å². The van der Waals surface area contributed by atoms with Crippen LogP contribution in [0.15, 0.2) is 48.5 Å². The van der Waals surface area contributed by atoms with Crippen LogP contribution in [0.3, 0.4) is 0 Å². The van der Waals surface area contributed by atoms with E-state index in [-0.39, 0.29) is 18.4 Å². The van der Waals surface area contributed by atoms with E-state index in [1.165, 1.54) is 17.7 Å². The fourth-order valence-electron chi connectivity index (χ4n) is 3.03. The van der Waals surface area contributed by atoms with Gasteiger partial charge in [-0.2, -0.15) is 0 Å². The van der Waals surface area contributed by atoms with Crippen LogP contribution in [0, 0.1) is 5.82 Å². The van der Waals surface area contributed by atoms with Gasteiger partial charge in [-0.15, -0.1) is 0 Å². The molecular weight excluding hydrogens is 307 g/mol. The molecule has 0 spiro atoms. The summed E-state index contributed by atoms with van der Waals surface area (Å²) in [6, 6.07) is 13.7. The highest BCUT2D eigenvalue weighted by molar-refractivity contribution is 5.73. The van der Waals surface area contributed by atoms with Gasteiger partial charge in [0.15, 0.2) is 0 Å². The van der Waals surface area contributed by atoms with Crippen LogP contribution in [0.25, 0.3) is 0 Å². The van der Waals surface area contributed by atoms with E-state index in [1.54, 1.807) is 12.1 Å². The number of aliphatic hydroxyl groups is 1. The Labute approximate surface area is 140 Å². The van der Waals surface area contributed by atoms with Crippen LogP contribution >= 0.6 is 0 Å². The predicted molar refractivity (Wildman–Crippen MR) is 90.1 cm³/mol. The Balaban J connectivity index is 1.48. The van der Waals surface area contributed by atoms with E-state index in [1.807, 2.05) is 18.2 Å². The number of carbonyl (C=O) groups excluding carboxylic acids is 1. The lowest BCUT2D eigenvalue weighted by atomic mass is 9.80. The number of rotatable bonds is 4. The average Bonchev–Trinajstić information content (AvgIpc) is 2.59. The quantitative estimate of drug-likeness (QED) is 0.808. The molecule has 0 bridgehead atoms. The minimum Gasteiger partial charge on any atom is -0.388 e. The van der Waals surface area contributed by atoms with E-state index in [4.69, 9.17) is 0 Å². The Morgan fingerprint density at radius 2 is 1.79 bits per heavy atom. The van der Waals surface area contributed by atoms with Gasteiger partial charge in [-0.3, -0.25) is 0 Å². The Morgan fingerprint density at radius 3 is 2.54 bits per heavy atom. The maximum atomic E-state index is 12.8. The number of benzene rings is 2. The van der Waals surface area contributed by atoms with Crippen LogP contribution in [0.2, 0.25) is 0 Å². The topological polar surface area (TPSA) is 61.4 Å².